The normalized spacial score (nSPS) is 13.9. The Kier molecular flexibility index (Phi) is 10.7. The van der Waals surface area contributed by atoms with Crippen molar-refractivity contribution in [1.82, 2.24) is 0 Å². The van der Waals surface area contributed by atoms with Gasteiger partial charge < -0.3 is 8.85 Å². The number of benzene rings is 4. The molecule has 228 valence electrons. The molecule has 0 aromatic heterocycles. The van der Waals surface area contributed by atoms with Gasteiger partial charge in [-0.3, -0.25) is 0 Å². The van der Waals surface area contributed by atoms with Crippen molar-refractivity contribution in [1.29, 1.82) is 0 Å². The van der Waals surface area contributed by atoms with E-state index < -0.39 is 16.6 Å². The van der Waals surface area contributed by atoms with E-state index in [1.54, 1.807) is 0 Å². The van der Waals surface area contributed by atoms with Gasteiger partial charge in [-0.05, 0) is 30.8 Å². The molecule has 2 nitrogen and oxygen atoms in total. The van der Waals surface area contributed by atoms with Gasteiger partial charge in [0, 0.05) is 12.8 Å². The molecule has 0 aliphatic rings. The Labute approximate surface area is 268 Å². The lowest BCUT2D eigenvalue weighted by Crippen LogP contribution is -2.68. The molecule has 0 aliphatic heterocycles. The fourth-order valence-corrected chi connectivity index (χ4v) is 16.0. The summed E-state index contributed by atoms with van der Waals surface area (Å²) in [7, 11) is -5.64. The van der Waals surface area contributed by atoms with E-state index in [2.05, 4.69) is 175 Å². The first-order chi connectivity index (χ1) is 21.0. The average Bonchev–Trinajstić information content (AvgIpc) is 3.02. The second-order valence-corrected chi connectivity index (χ2v) is 22.1. The fourth-order valence-electron chi connectivity index (χ4n) is 6.62. The maximum atomic E-state index is 7.54. The maximum absolute atomic E-state index is 7.54. The lowest BCUT2D eigenvalue weighted by molar-refractivity contribution is 0.123. The van der Waals surface area contributed by atoms with Crippen LogP contribution in [-0.4, -0.2) is 28.8 Å². The van der Waals surface area contributed by atoms with Crippen LogP contribution in [-0.2, 0) is 8.85 Å². The molecular formula is C40H48O2Si2. The molecule has 0 saturated heterocycles. The van der Waals surface area contributed by atoms with Crippen LogP contribution in [0.3, 0.4) is 0 Å². The minimum absolute atomic E-state index is 0.155. The van der Waals surface area contributed by atoms with Crippen LogP contribution in [0, 0.1) is 12.3 Å². The van der Waals surface area contributed by atoms with Gasteiger partial charge in [0.2, 0.25) is 0 Å². The van der Waals surface area contributed by atoms with E-state index in [0.29, 0.717) is 12.8 Å². The highest BCUT2D eigenvalue weighted by molar-refractivity contribution is 7.00. The summed E-state index contributed by atoms with van der Waals surface area (Å²) >= 11 is 0. The van der Waals surface area contributed by atoms with Crippen molar-refractivity contribution in [3.63, 3.8) is 0 Å². The molecule has 0 saturated carbocycles. The molecule has 4 heteroatoms. The largest absolute Gasteiger partial charge is 0.403 e. The molecule has 0 unspecified atom stereocenters. The van der Waals surface area contributed by atoms with Crippen molar-refractivity contribution in [2.45, 2.75) is 76.7 Å². The van der Waals surface area contributed by atoms with E-state index in [1.807, 2.05) is 6.08 Å². The number of rotatable bonds is 12. The molecule has 4 aromatic carbocycles. The third kappa shape index (κ3) is 6.77. The Hall–Kier alpha value is -3.47. The quantitative estimate of drug-likeness (QED) is 0.0934. The van der Waals surface area contributed by atoms with Crippen molar-refractivity contribution >= 4 is 37.4 Å². The zero-order valence-corrected chi connectivity index (χ0v) is 29.3. The van der Waals surface area contributed by atoms with Gasteiger partial charge in [0.15, 0.2) is 0 Å². The molecule has 4 rings (SSSR count). The van der Waals surface area contributed by atoms with Gasteiger partial charge in [-0.25, -0.2) is 0 Å². The SMILES string of the molecule is C#CC[C@H](C[C@@H](C=C)O[Si](c1ccccc1)(c1ccccc1)C(C)(C)C)O[Si](c1ccccc1)(c1ccccc1)C(C)(C)C. The maximum Gasteiger partial charge on any atom is 0.261 e. The van der Waals surface area contributed by atoms with Crippen molar-refractivity contribution < 1.29 is 8.85 Å². The summed E-state index contributed by atoms with van der Waals surface area (Å²) in [6, 6.07) is 43.0. The van der Waals surface area contributed by atoms with Crippen molar-refractivity contribution in [2.24, 2.45) is 0 Å². The summed E-state index contributed by atoms with van der Waals surface area (Å²) in [6.07, 6.45) is 8.62. The first-order valence-corrected chi connectivity index (χ1v) is 19.4. The van der Waals surface area contributed by atoms with Crippen molar-refractivity contribution in [3.8, 4) is 12.3 Å². The lowest BCUT2D eigenvalue weighted by Gasteiger charge is -2.47. The summed E-state index contributed by atoms with van der Waals surface area (Å²) in [5.74, 6) is 2.95. The van der Waals surface area contributed by atoms with Gasteiger partial charge in [-0.2, -0.15) is 0 Å². The van der Waals surface area contributed by atoms with Gasteiger partial charge in [-0.15, -0.1) is 18.9 Å². The highest BCUT2D eigenvalue weighted by Crippen LogP contribution is 2.40. The van der Waals surface area contributed by atoms with Crippen LogP contribution in [0.2, 0.25) is 10.1 Å². The first-order valence-electron chi connectivity index (χ1n) is 15.6. The molecule has 44 heavy (non-hydrogen) atoms. The van der Waals surface area contributed by atoms with Crippen LogP contribution in [0.4, 0.5) is 0 Å². The zero-order chi connectivity index (χ0) is 31.8. The molecule has 0 fully saturated rings. The standard InChI is InChI=1S/C40H48O2Si2/c1-9-23-34(42-44(40(6,7)8,37-28-19-13-20-29-37)38-30-21-14-22-31-38)32-33(10-2)41-43(39(3,4)5,35-24-15-11-16-25-35)36-26-17-12-18-27-36/h1,10-22,24-31,33-34H,2,23,32H2,3-8H3/t33-,34-/m1/s1. The molecule has 0 amide bonds. The molecule has 4 aromatic rings. The minimum atomic E-state index is -2.83. The number of hydrogen-bond acceptors (Lipinski definition) is 2. The predicted octanol–water partition coefficient (Wildman–Crippen LogP) is 7.48. The van der Waals surface area contributed by atoms with Gasteiger partial charge in [0.1, 0.15) is 0 Å². The molecule has 0 spiro atoms. The van der Waals surface area contributed by atoms with Gasteiger partial charge >= 0.3 is 0 Å². The zero-order valence-electron chi connectivity index (χ0n) is 27.3. The van der Waals surface area contributed by atoms with Crippen LogP contribution < -0.4 is 20.7 Å². The Morgan fingerprint density at radius 2 is 0.932 bits per heavy atom. The Morgan fingerprint density at radius 3 is 1.20 bits per heavy atom. The Balaban J connectivity index is 1.82. The topological polar surface area (TPSA) is 18.5 Å². The van der Waals surface area contributed by atoms with Gasteiger partial charge in [-0.1, -0.05) is 169 Å². The second-order valence-electron chi connectivity index (χ2n) is 13.6. The average molecular weight is 617 g/mol. The summed E-state index contributed by atoms with van der Waals surface area (Å²) in [6.45, 7) is 18.1. The van der Waals surface area contributed by atoms with E-state index in [-0.39, 0.29) is 22.3 Å². The summed E-state index contributed by atoms with van der Waals surface area (Å²) < 4.78 is 15.0. The second kappa shape index (κ2) is 14.1. The van der Waals surface area contributed by atoms with E-state index in [4.69, 9.17) is 15.3 Å². The molecule has 0 aliphatic carbocycles. The molecular weight excluding hydrogens is 569 g/mol. The van der Waals surface area contributed by atoms with Crippen molar-refractivity contribution in [2.75, 3.05) is 0 Å². The smallest absolute Gasteiger partial charge is 0.261 e. The third-order valence-corrected chi connectivity index (χ3v) is 18.8. The molecule has 0 heterocycles. The molecule has 2 atom stereocenters. The van der Waals surface area contributed by atoms with Gasteiger partial charge in [0.05, 0.1) is 12.2 Å². The van der Waals surface area contributed by atoms with Crippen LogP contribution in [0.1, 0.15) is 54.4 Å². The highest BCUT2D eigenvalue weighted by Gasteiger charge is 2.53. The van der Waals surface area contributed by atoms with E-state index in [1.165, 1.54) is 20.7 Å². The van der Waals surface area contributed by atoms with Crippen LogP contribution in [0.15, 0.2) is 134 Å². The van der Waals surface area contributed by atoms with E-state index >= 15 is 0 Å². The predicted molar refractivity (Wildman–Crippen MR) is 193 cm³/mol. The van der Waals surface area contributed by atoms with E-state index in [0.717, 1.165) is 0 Å². The Bertz CT molecular complexity index is 1420. The lowest BCUT2D eigenvalue weighted by atomic mass is 10.1. The molecule has 0 radical (unpaired) electrons. The molecule has 0 bridgehead atoms. The van der Waals surface area contributed by atoms with Crippen LogP contribution >= 0.6 is 0 Å². The Morgan fingerprint density at radius 1 is 0.614 bits per heavy atom. The summed E-state index contributed by atoms with van der Waals surface area (Å²) in [5, 5.41) is 4.65. The highest BCUT2D eigenvalue weighted by atomic mass is 28.4. The first kappa shape index (κ1) is 33.4. The van der Waals surface area contributed by atoms with Gasteiger partial charge in [0.25, 0.3) is 16.6 Å². The molecule has 0 N–H and O–H groups in total. The monoisotopic (exact) mass is 616 g/mol. The number of hydrogen-bond donors (Lipinski definition) is 0. The fraction of sp³-hybridized carbons (Fsp3) is 0.300. The van der Waals surface area contributed by atoms with Crippen LogP contribution in [0.25, 0.3) is 0 Å². The summed E-state index contributed by atoms with van der Waals surface area (Å²) in [4.78, 5) is 0. The van der Waals surface area contributed by atoms with E-state index in [9.17, 15) is 0 Å². The van der Waals surface area contributed by atoms with Crippen molar-refractivity contribution in [3.05, 3.63) is 134 Å². The third-order valence-electron chi connectivity index (χ3n) is 8.61. The number of terminal acetylenes is 1. The minimum Gasteiger partial charge on any atom is -0.403 e. The summed E-state index contributed by atoms with van der Waals surface area (Å²) in [5.41, 5.74) is 0. The van der Waals surface area contributed by atoms with Crippen LogP contribution in [0.5, 0.6) is 0 Å².